The van der Waals surface area contributed by atoms with Gasteiger partial charge in [0.05, 0.1) is 14.2 Å². The molecule has 0 aromatic heterocycles. The summed E-state index contributed by atoms with van der Waals surface area (Å²) in [4.78, 5) is 0. The predicted octanol–water partition coefficient (Wildman–Crippen LogP) is 4.17. The topological polar surface area (TPSA) is 18.5 Å². The molecule has 1 aliphatic rings. The molecule has 0 N–H and O–H groups in total. The fourth-order valence-corrected chi connectivity index (χ4v) is 3.18. The molecule has 20 heavy (non-hydrogen) atoms. The van der Waals surface area contributed by atoms with E-state index in [2.05, 4.69) is 30.3 Å². The second-order valence-corrected chi connectivity index (χ2v) is 5.25. The molecule has 0 radical (unpaired) electrons. The van der Waals surface area contributed by atoms with E-state index in [1.54, 1.807) is 14.2 Å². The summed E-state index contributed by atoms with van der Waals surface area (Å²) in [5, 5.41) is 0. The van der Waals surface area contributed by atoms with Crippen LogP contribution in [0.4, 0.5) is 0 Å². The lowest BCUT2D eigenvalue weighted by Crippen LogP contribution is -2.11. The molecule has 1 unspecified atom stereocenters. The van der Waals surface area contributed by atoms with Gasteiger partial charge in [0.25, 0.3) is 0 Å². The highest BCUT2D eigenvalue weighted by Gasteiger charge is 2.24. The minimum Gasteiger partial charge on any atom is -0.497 e. The van der Waals surface area contributed by atoms with Gasteiger partial charge in [-0.1, -0.05) is 30.3 Å². The first-order chi connectivity index (χ1) is 9.83. The Bertz CT molecular complexity index is 604. The molecular weight excluding hydrogens is 248 g/mol. The van der Waals surface area contributed by atoms with Crippen molar-refractivity contribution in [2.75, 3.05) is 14.2 Å². The maximum absolute atomic E-state index is 5.58. The molecule has 0 fully saturated rings. The maximum atomic E-state index is 5.58. The third kappa shape index (κ3) is 2.26. The highest BCUT2D eigenvalue weighted by molar-refractivity contribution is 5.48. The van der Waals surface area contributed by atoms with Gasteiger partial charge < -0.3 is 9.47 Å². The average Bonchev–Trinajstić information content (AvgIpc) is 2.53. The molecule has 0 saturated heterocycles. The van der Waals surface area contributed by atoms with Gasteiger partial charge in [0.2, 0.25) is 0 Å². The number of benzene rings is 2. The third-order valence-electron chi connectivity index (χ3n) is 4.19. The van der Waals surface area contributed by atoms with Gasteiger partial charge in [0.1, 0.15) is 11.5 Å². The Morgan fingerprint density at radius 1 is 0.950 bits per heavy atom. The normalized spacial score (nSPS) is 17.4. The summed E-state index contributed by atoms with van der Waals surface area (Å²) in [6, 6.07) is 14.9. The molecular formula is C18H20O2. The largest absolute Gasteiger partial charge is 0.497 e. The monoisotopic (exact) mass is 268 g/mol. The van der Waals surface area contributed by atoms with Crippen LogP contribution in [0.2, 0.25) is 0 Å². The molecule has 2 nitrogen and oxygen atoms in total. The first-order valence-electron chi connectivity index (χ1n) is 7.13. The van der Waals surface area contributed by atoms with Crippen molar-refractivity contribution < 1.29 is 9.47 Å². The molecule has 3 rings (SSSR count). The van der Waals surface area contributed by atoms with Crippen LogP contribution in [-0.2, 0) is 6.42 Å². The molecule has 0 heterocycles. The molecule has 2 aromatic carbocycles. The Morgan fingerprint density at radius 2 is 1.80 bits per heavy atom. The summed E-state index contributed by atoms with van der Waals surface area (Å²) in [5.41, 5.74) is 4.18. The van der Waals surface area contributed by atoms with E-state index >= 15 is 0 Å². The SMILES string of the molecule is COc1ccc(C2CCCc3ccccc32)c(OC)c1. The molecule has 2 aromatic rings. The van der Waals surface area contributed by atoms with Crippen LogP contribution in [0.25, 0.3) is 0 Å². The highest BCUT2D eigenvalue weighted by atomic mass is 16.5. The van der Waals surface area contributed by atoms with E-state index in [9.17, 15) is 0 Å². The number of fused-ring (bicyclic) bond motifs is 1. The van der Waals surface area contributed by atoms with Gasteiger partial charge in [-0.15, -0.1) is 0 Å². The van der Waals surface area contributed by atoms with E-state index in [0.717, 1.165) is 11.5 Å². The summed E-state index contributed by atoms with van der Waals surface area (Å²) < 4.78 is 10.9. The lowest BCUT2D eigenvalue weighted by atomic mass is 9.78. The number of hydrogen-bond acceptors (Lipinski definition) is 2. The van der Waals surface area contributed by atoms with Crippen molar-refractivity contribution in [1.29, 1.82) is 0 Å². The second kappa shape index (κ2) is 5.58. The van der Waals surface area contributed by atoms with Gasteiger partial charge in [-0.2, -0.15) is 0 Å². The lowest BCUT2D eigenvalue weighted by molar-refractivity contribution is 0.388. The van der Waals surface area contributed by atoms with Gasteiger partial charge in [-0.3, -0.25) is 0 Å². The fourth-order valence-electron chi connectivity index (χ4n) is 3.18. The molecule has 1 aliphatic carbocycles. The van der Waals surface area contributed by atoms with Crippen LogP contribution in [0.3, 0.4) is 0 Å². The number of rotatable bonds is 3. The first kappa shape index (κ1) is 13.0. The zero-order valence-corrected chi connectivity index (χ0v) is 12.1. The lowest BCUT2D eigenvalue weighted by Gasteiger charge is -2.27. The van der Waals surface area contributed by atoms with E-state index < -0.39 is 0 Å². The van der Waals surface area contributed by atoms with Crippen LogP contribution < -0.4 is 9.47 Å². The van der Waals surface area contributed by atoms with E-state index in [1.807, 2.05) is 12.1 Å². The van der Waals surface area contributed by atoms with E-state index in [0.29, 0.717) is 5.92 Å². The molecule has 104 valence electrons. The van der Waals surface area contributed by atoms with Crippen molar-refractivity contribution >= 4 is 0 Å². The minimum atomic E-state index is 0.431. The minimum absolute atomic E-state index is 0.431. The third-order valence-corrected chi connectivity index (χ3v) is 4.19. The summed E-state index contributed by atoms with van der Waals surface area (Å²) in [5.74, 6) is 2.20. The first-order valence-corrected chi connectivity index (χ1v) is 7.13. The highest BCUT2D eigenvalue weighted by Crippen LogP contribution is 2.41. The van der Waals surface area contributed by atoms with E-state index in [-0.39, 0.29) is 0 Å². The molecule has 0 bridgehead atoms. The number of methoxy groups -OCH3 is 2. The number of ether oxygens (including phenoxy) is 2. The van der Waals surface area contributed by atoms with E-state index in [4.69, 9.17) is 9.47 Å². The summed E-state index contributed by atoms with van der Waals surface area (Å²) in [6.45, 7) is 0. The Hall–Kier alpha value is -1.96. The molecule has 0 amide bonds. The average molecular weight is 268 g/mol. The van der Waals surface area contributed by atoms with Crippen LogP contribution in [0.1, 0.15) is 35.4 Å². The predicted molar refractivity (Wildman–Crippen MR) is 80.8 cm³/mol. The number of hydrogen-bond donors (Lipinski definition) is 0. The van der Waals surface area contributed by atoms with Crippen molar-refractivity contribution in [2.24, 2.45) is 0 Å². The van der Waals surface area contributed by atoms with Crippen molar-refractivity contribution in [3.63, 3.8) is 0 Å². The van der Waals surface area contributed by atoms with Crippen LogP contribution in [0.15, 0.2) is 42.5 Å². The van der Waals surface area contributed by atoms with Gasteiger partial charge in [-0.05, 0) is 36.5 Å². The van der Waals surface area contributed by atoms with E-state index in [1.165, 1.54) is 36.0 Å². The molecule has 0 saturated carbocycles. The van der Waals surface area contributed by atoms with Crippen molar-refractivity contribution in [2.45, 2.75) is 25.2 Å². The molecule has 1 atom stereocenters. The van der Waals surface area contributed by atoms with Crippen LogP contribution in [-0.4, -0.2) is 14.2 Å². The Labute approximate surface area is 120 Å². The Morgan fingerprint density at radius 3 is 2.60 bits per heavy atom. The van der Waals surface area contributed by atoms with Gasteiger partial charge in [0, 0.05) is 17.5 Å². The summed E-state index contributed by atoms with van der Waals surface area (Å²) >= 11 is 0. The van der Waals surface area contributed by atoms with Gasteiger partial charge in [-0.25, -0.2) is 0 Å². The fraction of sp³-hybridized carbons (Fsp3) is 0.333. The van der Waals surface area contributed by atoms with Crippen LogP contribution in [0.5, 0.6) is 11.5 Å². The Balaban J connectivity index is 2.06. The zero-order valence-electron chi connectivity index (χ0n) is 12.1. The van der Waals surface area contributed by atoms with Crippen molar-refractivity contribution in [1.82, 2.24) is 0 Å². The smallest absolute Gasteiger partial charge is 0.126 e. The van der Waals surface area contributed by atoms with Crippen molar-refractivity contribution in [3.8, 4) is 11.5 Å². The Kier molecular flexibility index (Phi) is 3.64. The summed E-state index contributed by atoms with van der Waals surface area (Å²) in [7, 11) is 3.41. The van der Waals surface area contributed by atoms with Crippen LogP contribution >= 0.6 is 0 Å². The molecule has 2 heteroatoms. The molecule has 0 aliphatic heterocycles. The van der Waals surface area contributed by atoms with Gasteiger partial charge >= 0.3 is 0 Å². The maximum Gasteiger partial charge on any atom is 0.126 e. The quantitative estimate of drug-likeness (QED) is 0.831. The van der Waals surface area contributed by atoms with Crippen LogP contribution in [0, 0.1) is 0 Å². The van der Waals surface area contributed by atoms with Gasteiger partial charge in [0.15, 0.2) is 0 Å². The second-order valence-electron chi connectivity index (χ2n) is 5.25. The number of aryl methyl sites for hydroxylation is 1. The molecule has 0 spiro atoms. The zero-order chi connectivity index (χ0) is 13.9. The summed E-state index contributed by atoms with van der Waals surface area (Å²) in [6.07, 6.45) is 3.60. The standard InChI is InChI=1S/C18H20O2/c1-19-14-10-11-17(18(12-14)20-2)16-9-5-7-13-6-3-4-8-15(13)16/h3-4,6,8,10-12,16H,5,7,9H2,1-2H3. The van der Waals surface area contributed by atoms with Crippen molar-refractivity contribution in [3.05, 3.63) is 59.2 Å².